The number of para-hydroxylation sites is 1. The quantitative estimate of drug-likeness (QED) is 0.326. The average Bonchev–Trinajstić information content (AvgIpc) is 3.20. The molecule has 0 aliphatic heterocycles. The number of aliphatic carboxylic acids is 1. The molecule has 0 saturated carbocycles. The van der Waals surface area contributed by atoms with Crippen molar-refractivity contribution < 1.29 is 27.8 Å². The number of rotatable bonds is 9. The van der Waals surface area contributed by atoms with E-state index in [1.54, 1.807) is 12.1 Å². The summed E-state index contributed by atoms with van der Waals surface area (Å²) < 4.78 is 47.7. The molecule has 0 amide bonds. The Bertz CT molecular complexity index is 1290. The summed E-state index contributed by atoms with van der Waals surface area (Å²) in [5, 5.41) is 9.02. The molecule has 0 aromatic heterocycles. The fourth-order valence-electron chi connectivity index (χ4n) is 4.74. The molecule has 188 valence electrons. The minimum Gasteiger partial charge on any atom is -0.489 e. The zero-order valence-corrected chi connectivity index (χ0v) is 20.4. The summed E-state index contributed by atoms with van der Waals surface area (Å²) in [6, 6.07) is 16.3. The van der Waals surface area contributed by atoms with Crippen LogP contribution in [0.3, 0.4) is 0 Å². The molecule has 3 nitrogen and oxygen atoms in total. The van der Waals surface area contributed by atoms with Crippen LogP contribution >= 0.6 is 0 Å². The van der Waals surface area contributed by atoms with E-state index in [0.717, 1.165) is 47.2 Å². The van der Waals surface area contributed by atoms with Crippen LogP contribution in [0.1, 0.15) is 61.8 Å². The van der Waals surface area contributed by atoms with E-state index in [9.17, 15) is 18.0 Å². The van der Waals surface area contributed by atoms with E-state index in [0.29, 0.717) is 17.7 Å². The zero-order valence-electron chi connectivity index (χ0n) is 20.4. The molecule has 0 bridgehead atoms. The summed E-state index contributed by atoms with van der Waals surface area (Å²) in [7, 11) is 0. The molecule has 0 saturated heterocycles. The van der Waals surface area contributed by atoms with Crippen molar-refractivity contribution >= 4 is 11.5 Å². The van der Waals surface area contributed by atoms with E-state index in [2.05, 4.69) is 19.9 Å². The topological polar surface area (TPSA) is 46.5 Å². The molecular formula is C30H29F3O3. The van der Waals surface area contributed by atoms with E-state index in [1.165, 1.54) is 6.07 Å². The number of carbonyl (C=O) groups is 1. The molecule has 1 N–H and O–H groups in total. The second-order valence-electron chi connectivity index (χ2n) is 9.75. The average molecular weight is 495 g/mol. The van der Waals surface area contributed by atoms with E-state index >= 15 is 0 Å². The zero-order chi connectivity index (χ0) is 25.9. The van der Waals surface area contributed by atoms with Crippen molar-refractivity contribution in [3.8, 4) is 16.9 Å². The molecule has 3 aromatic carbocycles. The lowest BCUT2D eigenvalue weighted by molar-refractivity contribution is -0.136. The first-order chi connectivity index (χ1) is 17.2. The monoisotopic (exact) mass is 494 g/mol. The van der Waals surface area contributed by atoms with Crippen LogP contribution in [0.2, 0.25) is 0 Å². The van der Waals surface area contributed by atoms with Crippen LogP contribution in [-0.2, 0) is 17.8 Å². The van der Waals surface area contributed by atoms with Gasteiger partial charge in [-0.2, -0.15) is 0 Å². The molecule has 1 aliphatic carbocycles. The Labute approximate surface area is 209 Å². The Kier molecular flexibility index (Phi) is 7.53. The molecule has 0 atom stereocenters. The number of alkyl halides is 2. The third-order valence-electron chi connectivity index (χ3n) is 6.73. The Morgan fingerprint density at radius 1 is 1.03 bits per heavy atom. The van der Waals surface area contributed by atoms with Crippen LogP contribution in [0.15, 0.2) is 66.7 Å². The molecule has 1 aliphatic rings. The summed E-state index contributed by atoms with van der Waals surface area (Å²) in [6.07, 6.45) is 1.64. The van der Waals surface area contributed by atoms with Crippen molar-refractivity contribution in [2.24, 2.45) is 5.41 Å². The number of allylic oxidation sites excluding steroid dienone is 2. The van der Waals surface area contributed by atoms with Gasteiger partial charge in [-0.1, -0.05) is 56.3 Å². The van der Waals surface area contributed by atoms with Crippen LogP contribution in [0.25, 0.3) is 16.7 Å². The van der Waals surface area contributed by atoms with Crippen molar-refractivity contribution in [2.45, 2.75) is 52.6 Å². The minimum atomic E-state index is -2.69. The molecule has 6 heteroatoms. The minimum absolute atomic E-state index is 0.00566. The van der Waals surface area contributed by atoms with Gasteiger partial charge in [0.05, 0.1) is 0 Å². The van der Waals surface area contributed by atoms with Crippen molar-refractivity contribution in [1.29, 1.82) is 0 Å². The maximum absolute atomic E-state index is 14.9. The van der Waals surface area contributed by atoms with Gasteiger partial charge >= 0.3 is 5.97 Å². The van der Waals surface area contributed by atoms with E-state index < -0.39 is 18.2 Å². The standard InChI is InChI=1S/C30H29F3O3/c1-30(2)15-5-7-25(30)23-16-19(18-36-27-8-4-3-6-20(27)11-14-28(34)35)9-12-22(23)24-17-21(29(32)33)10-13-26(24)31/h3-4,6-10,12-13,16-17,29H,5,11,14-15,18H2,1-2H3,(H,34,35). The van der Waals surface area contributed by atoms with Crippen molar-refractivity contribution in [2.75, 3.05) is 0 Å². The normalized spacial score (nSPS) is 14.7. The predicted molar refractivity (Wildman–Crippen MR) is 135 cm³/mol. The fraction of sp³-hybridized carbons (Fsp3) is 0.300. The van der Waals surface area contributed by atoms with Crippen LogP contribution < -0.4 is 4.74 Å². The molecule has 0 heterocycles. The maximum atomic E-state index is 14.9. The number of hydrogen-bond donors (Lipinski definition) is 1. The van der Waals surface area contributed by atoms with E-state index in [1.807, 2.05) is 30.3 Å². The highest BCUT2D eigenvalue weighted by Crippen LogP contribution is 2.47. The Morgan fingerprint density at radius 3 is 2.50 bits per heavy atom. The summed E-state index contributed by atoms with van der Waals surface area (Å²) >= 11 is 0. The molecule has 0 spiro atoms. The number of carboxylic acid groups (broad SMARTS) is 1. The van der Waals surface area contributed by atoms with Crippen LogP contribution in [0, 0.1) is 11.2 Å². The second-order valence-corrected chi connectivity index (χ2v) is 9.75. The molecular weight excluding hydrogens is 465 g/mol. The van der Waals surface area contributed by atoms with Crippen molar-refractivity contribution in [3.05, 3.63) is 94.8 Å². The van der Waals surface area contributed by atoms with Gasteiger partial charge in [0.15, 0.2) is 0 Å². The Balaban J connectivity index is 1.70. The molecule has 0 unspecified atom stereocenters. The van der Waals surface area contributed by atoms with E-state index in [-0.39, 0.29) is 29.6 Å². The Morgan fingerprint density at radius 2 is 1.81 bits per heavy atom. The lowest BCUT2D eigenvalue weighted by atomic mass is 9.79. The third-order valence-corrected chi connectivity index (χ3v) is 6.73. The summed E-state index contributed by atoms with van der Waals surface area (Å²) in [6.45, 7) is 4.48. The number of benzene rings is 3. The number of ether oxygens (including phenoxy) is 1. The highest BCUT2D eigenvalue weighted by molar-refractivity contribution is 5.85. The first-order valence-electron chi connectivity index (χ1n) is 12.0. The SMILES string of the molecule is CC1(C)CCC=C1c1cc(COc2ccccc2CCC(=O)O)ccc1-c1cc(C(F)F)ccc1F. The first kappa shape index (κ1) is 25.5. The van der Waals surface area contributed by atoms with Gasteiger partial charge in [0.25, 0.3) is 6.43 Å². The van der Waals surface area contributed by atoms with Gasteiger partial charge in [-0.3, -0.25) is 4.79 Å². The second kappa shape index (κ2) is 10.6. The van der Waals surface area contributed by atoms with Crippen molar-refractivity contribution in [1.82, 2.24) is 0 Å². The van der Waals surface area contributed by atoms with Gasteiger partial charge < -0.3 is 9.84 Å². The lowest BCUT2D eigenvalue weighted by Gasteiger charge is -2.25. The molecule has 0 fully saturated rings. The third kappa shape index (κ3) is 5.64. The predicted octanol–water partition coefficient (Wildman–Crippen LogP) is 8.23. The largest absolute Gasteiger partial charge is 0.489 e. The van der Waals surface area contributed by atoms with Gasteiger partial charge in [0.2, 0.25) is 0 Å². The van der Waals surface area contributed by atoms with Gasteiger partial charge in [0, 0.05) is 17.5 Å². The highest BCUT2D eigenvalue weighted by Gasteiger charge is 2.30. The number of aryl methyl sites for hydroxylation is 1. The van der Waals surface area contributed by atoms with Crippen LogP contribution in [-0.4, -0.2) is 11.1 Å². The smallest absolute Gasteiger partial charge is 0.303 e. The van der Waals surface area contributed by atoms with Gasteiger partial charge in [-0.15, -0.1) is 0 Å². The number of carboxylic acids is 1. The van der Waals surface area contributed by atoms with Gasteiger partial charge in [-0.05, 0) is 76.8 Å². The van der Waals surface area contributed by atoms with Crippen LogP contribution in [0.4, 0.5) is 13.2 Å². The first-order valence-corrected chi connectivity index (χ1v) is 12.0. The van der Waals surface area contributed by atoms with E-state index in [4.69, 9.17) is 9.84 Å². The van der Waals surface area contributed by atoms with Gasteiger partial charge in [-0.25, -0.2) is 13.2 Å². The highest BCUT2D eigenvalue weighted by atomic mass is 19.3. The number of halogens is 3. The summed E-state index contributed by atoms with van der Waals surface area (Å²) in [5.74, 6) is -0.811. The number of hydrogen-bond acceptors (Lipinski definition) is 2. The molecule has 4 rings (SSSR count). The van der Waals surface area contributed by atoms with Crippen molar-refractivity contribution in [3.63, 3.8) is 0 Å². The van der Waals surface area contributed by atoms with Gasteiger partial charge in [0.1, 0.15) is 18.2 Å². The fourth-order valence-corrected chi connectivity index (χ4v) is 4.74. The Hall–Kier alpha value is -3.54. The molecule has 0 radical (unpaired) electrons. The molecule has 36 heavy (non-hydrogen) atoms. The molecule has 3 aromatic rings. The maximum Gasteiger partial charge on any atom is 0.303 e. The summed E-state index contributed by atoms with van der Waals surface area (Å²) in [4.78, 5) is 11.0. The summed E-state index contributed by atoms with van der Waals surface area (Å²) in [5.41, 5.74) is 3.88. The lowest BCUT2D eigenvalue weighted by Crippen LogP contribution is -2.10. The van der Waals surface area contributed by atoms with Crippen LogP contribution in [0.5, 0.6) is 5.75 Å².